The number of benzene rings is 1. The molecule has 0 aromatic heterocycles. The molecule has 1 aromatic carbocycles. The minimum Gasteiger partial charge on any atom is -0.373 e. The number of primary amides is 1. The SMILES string of the molecule is CCc1ccccc1C(=O)N1CCO[C@@H](CN(C)CC(N)=O)C1. The van der Waals surface area contributed by atoms with Crippen LogP contribution >= 0.6 is 0 Å². The van der Waals surface area contributed by atoms with Gasteiger partial charge in [-0.2, -0.15) is 0 Å². The monoisotopic (exact) mass is 319 g/mol. The van der Waals surface area contributed by atoms with E-state index in [0.29, 0.717) is 26.2 Å². The summed E-state index contributed by atoms with van der Waals surface area (Å²) >= 11 is 0. The van der Waals surface area contributed by atoms with Gasteiger partial charge in [0.15, 0.2) is 0 Å². The average Bonchev–Trinajstić information content (AvgIpc) is 2.53. The van der Waals surface area contributed by atoms with Crippen molar-refractivity contribution < 1.29 is 14.3 Å². The van der Waals surface area contributed by atoms with Crippen molar-refractivity contribution in [3.8, 4) is 0 Å². The molecule has 2 amide bonds. The molecule has 2 rings (SSSR count). The van der Waals surface area contributed by atoms with Crippen LogP contribution in [0.3, 0.4) is 0 Å². The topological polar surface area (TPSA) is 75.9 Å². The maximum atomic E-state index is 12.8. The van der Waals surface area contributed by atoms with Crippen molar-refractivity contribution in [1.29, 1.82) is 0 Å². The summed E-state index contributed by atoms with van der Waals surface area (Å²) in [4.78, 5) is 27.4. The highest BCUT2D eigenvalue weighted by molar-refractivity contribution is 5.95. The van der Waals surface area contributed by atoms with E-state index in [4.69, 9.17) is 10.5 Å². The Morgan fingerprint density at radius 1 is 1.39 bits per heavy atom. The lowest BCUT2D eigenvalue weighted by atomic mass is 10.0. The Morgan fingerprint density at radius 3 is 2.83 bits per heavy atom. The number of nitrogens with two attached hydrogens (primary N) is 1. The summed E-state index contributed by atoms with van der Waals surface area (Å²) in [5, 5.41) is 0. The standard InChI is InChI=1S/C17H25N3O3/c1-3-13-6-4-5-7-15(13)17(22)20-8-9-23-14(11-20)10-19(2)12-16(18)21/h4-7,14H,3,8-12H2,1-2H3,(H2,18,21)/t14-/m0/s1. The van der Waals surface area contributed by atoms with Gasteiger partial charge in [0.2, 0.25) is 5.91 Å². The van der Waals surface area contributed by atoms with Crippen LogP contribution in [0.5, 0.6) is 0 Å². The zero-order valence-electron chi connectivity index (χ0n) is 13.8. The lowest BCUT2D eigenvalue weighted by Crippen LogP contribution is -2.50. The van der Waals surface area contributed by atoms with Crippen LogP contribution in [-0.2, 0) is 16.0 Å². The van der Waals surface area contributed by atoms with E-state index in [1.807, 2.05) is 48.0 Å². The first-order chi connectivity index (χ1) is 11.0. The summed E-state index contributed by atoms with van der Waals surface area (Å²) < 4.78 is 5.72. The lowest BCUT2D eigenvalue weighted by Gasteiger charge is -2.35. The third-order valence-electron chi connectivity index (χ3n) is 4.00. The number of rotatable bonds is 6. The number of likely N-dealkylation sites (N-methyl/N-ethyl adjacent to an activating group) is 1. The Labute approximate surface area is 137 Å². The number of amides is 2. The summed E-state index contributed by atoms with van der Waals surface area (Å²) in [5.74, 6) is -0.318. The smallest absolute Gasteiger partial charge is 0.254 e. The first-order valence-corrected chi connectivity index (χ1v) is 7.97. The zero-order chi connectivity index (χ0) is 16.8. The van der Waals surface area contributed by atoms with Gasteiger partial charge in [0.25, 0.3) is 5.91 Å². The Bertz CT molecular complexity index is 562. The molecule has 0 aliphatic carbocycles. The normalized spacial score (nSPS) is 18.2. The van der Waals surface area contributed by atoms with Gasteiger partial charge in [0.1, 0.15) is 0 Å². The van der Waals surface area contributed by atoms with Gasteiger partial charge in [-0.15, -0.1) is 0 Å². The average molecular weight is 319 g/mol. The Balaban J connectivity index is 2.00. The van der Waals surface area contributed by atoms with Gasteiger partial charge >= 0.3 is 0 Å². The molecule has 0 saturated carbocycles. The summed E-state index contributed by atoms with van der Waals surface area (Å²) in [5.41, 5.74) is 7.02. The number of hydrogen-bond donors (Lipinski definition) is 1. The highest BCUT2D eigenvalue weighted by Gasteiger charge is 2.26. The molecular formula is C17H25N3O3. The fraction of sp³-hybridized carbons (Fsp3) is 0.529. The lowest BCUT2D eigenvalue weighted by molar-refractivity contribution is -0.119. The van der Waals surface area contributed by atoms with E-state index in [0.717, 1.165) is 17.5 Å². The Kier molecular flexibility index (Phi) is 6.12. The number of carbonyl (C=O) groups is 2. The van der Waals surface area contributed by atoms with Crippen LogP contribution in [0.15, 0.2) is 24.3 Å². The predicted octanol–water partition coefficient (Wildman–Crippen LogP) is 0.507. The van der Waals surface area contributed by atoms with Crippen molar-refractivity contribution in [2.24, 2.45) is 5.73 Å². The molecule has 23 heavy (non-hydrogen) atoms. The van der Waals surface area contributed by atoms with Crippen LogP contribution in [0.2, 0.25) is 0 Å². The molecule has 2 N–H and O–H groups in total. The minimum absolute atomic E-state index is 0.0494. The molecule has 0 radical (unpaired) electrons. The van der Waals surface area contributed by atoms with Gasteiger partial charge in [-0.3, -0.25) is 14.5 Å². The quantitative estimate of drug-likeness (QED) is 0.829. The number of carbonyl (C=O) groups excluding carboxylic acids is 2. The summed E-state index contributed by atoms with van der Waals surface area (Å²) in [6.45, 7) is 4.43. The van der Waals surface area contributed by atoms with Gasteiger partial charge in [-0.25, -0.2) is 0 Å². The van der Waals surface area contributed by atoms with Gasteiger partial charge in [-0.05, 0) is 25.1 Å². The summed E-state index contributed by atoms with van der Waals surface area (Å²) in [7, 11) is 1.82. The molecule has 1 atom stereocenters. The minimum atomic E-state index is -0.367. The van der Waals surface area contributed by atoms with Crippen molar-refractivity contribution in [3.63, 3.8) is 0 Å². The first-order valence-electron chi connectivity index (χ1n) is 7.97. The second-order valence-electron chi connectivity index (χ2n) is 5.92. The molecule has 6 nitrogen and oxygen atoms in total. The molecule has 0 bridgehead atoms. The number of morpholine rings is 1. The molecule has 1 aliphatic rings. The van der Waals surface area contributed by atoms with E-state index in [2.05, 4.69) is 0 Å². The van der Waals surface area contributed by atoms with Crippen LogP contribution in [-0.4, -0.2) is 67.6 Å². The van der Waals surface area contributed by atoms with Crippen molar-refractivity contribution in [1.82, 2.24) is 9.80 Å². The molecule has 6 heteroatoms. The van der Waals surface area contributed by atoms with Crippen molar-refractivity contribution >= 4 is 11.8 Å². The second-order valence-corrected chi connectivity index (χ2v) is 5.92. The largest absolute Gasteiger partial charge is 0.373 e. The Morgan fingerprint density at radius 2 is 2.13 bits per heavy atom. The van der Waals surface area contributed by atoms with Gasteiger partial charge in [0, 0.05) is 25.2 Å². The molecule has 1 fully saturated rings. The van der Waals surface area contributed by atoms with Crippen LogP contribution in [0, 0.1) is 0 Å². The zero-order valence-corrected chi connectivity index (χ0v) is 13.8. The van der Waals surface area contributed by atoms with Crippen LogP contribution in [0.25, 0.3) is 0 Å². The van der Waals surface area contributed by atoms with Gasteiger partial charge < -0.3 is 15.4 Å². The third-order valence-corrected chi connectivity index (χ3v) is 4.00. The van der Waals surface area contributed by atoms with Crippen molar-refractivity contribution in [2.45, 2.75) is 19.4 Å². The molecule has 126 valence electrons. The van der Waals surface area contributed by atoms with Crippen LogP contribution < -0.4 is 5.73 Å². The fourth-order valence-electron chi connectivity index (χ4n) is 2.90. The van der Waals surface area contributed by atoms with Crippen molar-refractivity contribution in [2.75, 3.05) is 39.8 Å². The van der Waals surface area contributed by atoms with Gasteiger partial charge in [-0.1, -0.05) is 25.1 Å². The third kappa shape index (κ3) is 4.77. The second kappa shape index (κ2) is 8.08. The van der Waals surface area contributed by atoms with E-state index in [1.54, 1.807) is 0 Å². The molecule has 0 spiro atoms. The fourth-order valence-corrected chi connectivity index (χ4v) is 2.90. The molecular weight excluding hydrogens is 294 g/mol. The highest BCUT2D eigenvalue weighted by Crippen LogP contribution is 2.15. The number of ether oxygens (including phenoxy) is 1. The number of hydrogen-bond acceptors (Lipinski definition) is 4. The van der Waals surface area contributed by atoms with E-state index in [9.17, 15) is 9.59 Å². The molecule has 0 unspecified atom stereocenters. The number of nitrogens with zero attached hydrogens (tertiary/aromatic N) is 2. The van der Waals surface area contributed by atoms with E-state index >= 15 is 0 Å². The molecule has 1 heterocycles. The first kappa shape index (κ1) is 17.4. The van der Waals surface area contributed by atoms with E-state index < -0.39 is 0 Å². The molecule has 1 saturated heterocycles. The summed E-state index contributed by atoms with van der Waals surface area (Å²) in [6.07, 6.45) is 0.725. The molecule has 1 aliphatic heterocycles. The van der Waals surface area contributed by atoms with Crippen LogP contribution in [0.1, 0.15) is 22.8 Å². The maximum Gasteiger partial charge on any atom is 0.254 e. The summed E-state index contributed by atoms with van der Waals surface area (Å²) in [6, 6.07) is 7.72. The number of aryl methyl sites for hydroxylation is 1. The maximum absolute atomic E-state index is 12.8. The van der Waals surface area contributed by atoms with Crippen molar-refractivity contribution in [3.05, 3.63) is 35.4 Å². The molecule has 1 aromatic rings. The van der Waals surface area contributed by atoms with Gasteiger partial charge in [0.05, 0.1) is 19.3 Å². The Hall–Kier alpha value is -1.92. The predicted molar refractivity (Wildman–Crippen MR) is 88.2 cm³/mol. The van der Waals surface area contributed by atoms with E-state index in [1.165, 1.54) is 0 Å². The van der Waals surface area contributed by atoms with E-state index in [-0.39, 0.29) is 24.5 Å². The highest BCUT2D eigenvalue weighted by atomic mass is 16.5. The van der Waals surface area contributed by atoms with Crippen LogP contribution in [0.4, 0.5) is 0 Å².